The molecule has 0 aliphatic carbocycles. The van der Waals surface area contributed by atoms with Gasteiger partial charge in [-0.05, 0) is 25.5 Å². The maximum Gasteiger partial charge on any atom is 0.267 e. The monoisotopic (exact) mass is 239 g/mol. The van der Waals surface area contributed by atoms with Gasteiger partial charge in [0.15, 0.2) is 6.10 Å². The maximum absolute atomic E-state index is 12.0. The van der Waals surface area contributed by atoms with E-state index in [0.717, 1.165) is 17.9 Å². The van der Waals surface area contributed by atoms with Crippen molar-refractivity contribution in [2.75, 3.05) is 17.3 Å². The molecule has 3 nitrogen and oxygen atoms in total. The second kappa shape index (κ2) is 4.74. The van der Waals surface area contributed by atoms with Gasteiger partial charge in [-0.1, -0.05) is 12.1 Å². The maximum atomic E-state index is 12.0. The molecule has 0 radical (unpaired) electrons. The molecule has 1 unspecified atom stereocenters. The van der Waals surface area contributed by atoms with Gasteiger partial charge in [-0.2, -0.15) is 0 Å². The lowest BCUT2D eigenvalue weighted by atomic mass is 10.2. The smallest absolute Gasteiger partial charge is 0.267 e. The Morgan fingerprint density at radius 3 is 2.94 bits per heavy atom. The summed E-state index contributed by atoms with van der Waals surface area (Å²) in [5.74, 6) is 1.33. The Bertz CT molecular complexity index is 394. The number of carbonyl (C=O) groups excluding carboxylic acids is 1. The zero-order valence-corrected chi connectivity index (χ0v) is 9.91. The van der Waals surface area contributed by atoms with Gasteiger partial charge in [-0.3, -0.25) is 4.79 Å². The van der Waals surface area contributed by atoms with Gasteiger partial charge >= 0.3 is 0 Å². The number of hydrogen-bond donors (Lipinski definition) is 0. The minimum Gasteiger partial charge on any atom is -0.479 e. The van der Waals surface area contributed by atoms with Gasteiger partial charge in [0.2, 0.25) is 0 Å². The van der Waals surface area contributed by atoms with E-state index in [9.17, 15) is 4.79 Å². The molecule has 0 N–H and O–H groups in total. The van der Waals surface area contributed by atoms with Crippen LogP contribution < -0.4 is 9.64 Å². The number of benzene rings is 1. The number of fused-ring (bicyclic) bond motifs is 1. The molecule has 86 valence electrons. The third-order valence-corrected chi connectivity index (χ3v) is 2.86. The first-order valence-electron chi connectivity index (χ1n) is 5.37. The fourth-order valence-corrected chi connectivity index (χ4v) is 1.93. The average molecular weight is 240 g/mol. The Morgan fingerprint density at radius 2 is 2.19 bits per heavy atom. The Labute approximate surface area is 100.0 Å². The highest BCUT2D eigenvalue weighted by atomic mass is 35.5. The molecule has 2 rings (SSSR count). The summed E-state index contributed by atoms with van der Waals surface area (Å²) >= 11 is 5.66. The fourth-order valence-electron chi connectivity index (χ4n) is 1.81. The normalized spacial score (nSPS) is 19.2. The third kappa shape index (κ3) is 2.00. The van der Waals surface area contributed by atoms with Crippen LogP contribution in [0.25, 0.3) is 0 Å². The van der Waals surface area contributed by atoms with Crippen molar-refractivity contribution in [3.63, 3.8) is 0 Å². The van der Waals surface area contributed by atoms with Crippen molar-refractivity contribution in [2.45, 2.75) is 19.4 Å². The molecule has 0 fully saturated rings. The van der Waals surface area contributed by atoms with Crippen molar-refractivity contribution in [1.82, 2.24) is 0 Å². The number of ether oxygens (including phenoxy) is 1. The summed E-state index contributed by atoms with van der Waals surface area (Å²) in [7, 11) is 0. The van der Waals surface area contributed by atoms with E-state index in [1.807, 2.05) is 24.3 Å². The number of amides is 1. The summed E-state index contributed by atoms with van der Waals surface area (Å²) < 4.78 is 5.53. The summed E-state index contributed by atoms with van der Waals surface area (Å²) in [6, 6.07) is 7.58. The van der Waals surface area contributed by atoms with E-state index >= 15 is 0 Å². The highest BCUT2D eigenvalue weighted by Gasteiger charge is 2.30. The Morgan fingerprint density at radius 1 is 1.44 bits per heavy atom. The number of halogens is 1. The Hall–Kier alpha value is -1.22. The molecule has 4 heteroatoms. The first kappa shape index (κ1) is 11.3. The average Bonchev–Trinajstić information content (AvgIpc) is 2.30. The number of carbonyl (C=O) groups is 1. The van der Waals surface area contributed by atoms with Gasteiger partial charge in [0, 0.05) is 12.4 Å². The van der Waals surface area contributed by atoms with E-state index in [1.165, 1.54) is 0 Å². The van der Waals surface area contributed by atoms with E-state index in [1.54, 1.807) is 11.8 Å². The molecule has 0 bridgehead atoms. The van der Waals surface area contributed by atoms with Gasteiger partial charge in [0.1, 0.15) is 5.75 Å². The van der Waals surface area contributed by atoms with E-state index < -0.39 is 6.10 Å². The van der Waals surface area contributed by atoms with Crippen molar-refractivity contribution in [1.29, 1.82) is 0 Å². The van der Waals surface area contributed by atoms with Crippen LogP contribution in [0.5, 0.6) is 5.75 Å². The van der Waals surface area contributed by atoms with Crippen LogP contribution >= 0.6 is 11.6 Å². The van der Waals surface area contributed by atoms with Gasteiger partial charge in [0.25, 0.3) is 5.91 Å². The lowest BCUT2D eigenvalue weighted by Gasteiger charge is -2.32. The number of hydrogen-bond acceptors (Lipinski definition) is 2. The summed E-state index contributed by atoms with van der Waals surface area (Å²) in [5, 5.41) is 0. The quantitative estimate of drug-likeness (QED) is 0.759. The van der Waals surface area contributed by atoms with E-state index in [2.05, 4.69) is 0 Å². The fraction of sp³-hybridized carbons (Fsp3) is 0.417. The number of alkyl halides is 1. The summed E-state index contributed by atoms with van der Waals surface area (Å²) in [6.07, 6.45) is 0.374. The lowest BCUT2D eigenvalue weighted by Crippen LogP contribution is -2.44. The molecule has 1 heterocycles. The Balaban J connectivity index is 2.30. The molecular weight excluding hydrogens is 226 g/mol. The van der Waals surface area contributed by atoms with Crippen LogP contribution in [-0.2, 0) is 4.79 Å². The van der Waals surface area contributed by atoms with Crippen LogP contribution in [-0.4, -0.2) is 24.4 Å². The molecule has 0 aromatic heterocycles. The van der Waals surface area contributed by atoms with Crippen molar-refractivity contribution in [3.8, 4) is 5.75 Å². The highest BCUT2D eigenvalue weighted by Crippen LogP contribution is 2.33. The summed E-state index contributed by atoms with van der Waals surface area (Å²) in [4.78, 5) is 13.7. The van der Waals surface area contributed by atoms with Crippen LogP contribution in [0.3, 0.4) is 0 Å². The highest BCUT2D eigenvalue weighted by molar-refractivity contribution is 6.17. The van der Waals surface area contributed by atoms with Crippen molar-refractivity contribution < 1.29 is 9.53 Å². The standard InChI is InChI=1S/C12H14ClNO2/c1-9-12(15)14(8-4-7-13)10-5-2-3-6-11(10)16-9/h2-3,5-6,9H,4,7-8H2,1H3. The predicted molar refractivity (Wildman–Crippen MR) is 64.2 cm³/mol. The number of nitrogens with zero attached hydrogens (tertiary/aromatic N) is 1. The minimum absolute atomic E-state index is 0.00353. The lowest BCUT2D eigenvalue weighted by molar-refractivity contribution is -0.125. The summed E-state index contributed by atoms with van der Waals surface area (Å²) in [6.45, 7) is 2.42. The Kier molecular flexibility index (Phi) is 3.34. The first-order chi connectivity index (χ1) is 7.74. The number of anilines is 1. The predicted octanol–water partition coefficient (Wildman–Crippen LogP) is 2.43. The first-order valence-corrected chi connectivity index (χ1v) is 5.90. The van der Waals surface area contributed by atoms with E-state index in [4.69, 9.17) is 16.3 Å². The molecule has 1 aromatic carbocycles. The second-order valence-electron chi connectivity index (χ2n) is 3.76. The largest absolute Gasteiger partial charge is 0.479 e. The summed E-state index contributed by atoms with van der Waals surface area (Å²) in [5.41, 5.74) is 0.843. The molecule has 1 aliphatic heterocycles. The van der Waals surface area contributed by atoms with Crippen LogP contribution in [0.15, 0.2) is 24.3 Å². The van der Waals surface area contributed by atoms with Gasteiger partial charge in [-0.15, -0.1) is 11.6 Å². The van der Waals surface area contributed by atoms with Crippen LogP contribution in [0.2, 0.25) is 0 Å². The van der Waals surface area contributed by atoms with Gasteiger partial charge in [0.05, 0.1) is 5.69 Å². The molecule has 16 heavy (non-hydrogen) atoms. The molecular formula is C12H14ClNO2. The third-order valence-electron chi connectivity index (χ3n) is 2.59. The molecule has 1 atom stereocenters. The zero-order valence-electron chi connectivity index (χ0n) is 9.15. The van der Waals surface area contributed by atoms with Gasteiger partial charge < -0.3 is 9.64 Å². The molecule has 0 saturated carbocycles. The zero-order chi connectivity index (χ0) is 11.5. The molecule has 0 saturated heterocycles. The SMILES string of the molecule is CC1Oc2ccccc2N(CCCCl)C1=O. The number of rotatable bonds is 3. The van der Waals surface area contributed by atoms with Crippen LogP contribution in [0, 0.1) is 0 Å². The molecule has 1 aromatic rings. The van der Waals surface area contributed by atoms with Crippen molar-refractivity contribution in [3.05, 3.63) is 24.3 Å². The molecule has 0 spiro atoms. The van der Waals surface area contributed by atoms with Crippen LogP contribution in [0.1, 0.15) is 13.3 Å². The minimum atomic E-state index is -0.412. The molecule has 1 aliphatic rings. The van der Waals surface area contributed by atoms with Crippen molar-refractivity contribution >= 4 is 23.2 Å². The number of para-hydroxylation sites is 2. The van der Waals surface area contributed by atoms with Crippen molar-refractivity contribution in [2.24, 2.45) is 0 Å². The molecule has 1 amide bonds. The van der Waals surface area contributed by atoms with Crippen LogP contribution in [0.4, 0.5) is 5.69 Å². The van der Waals surface area contributed by atoms with E-state index in [-0.39, 0.29) is 5.91 Å². The topological polar surface area (TPSA) is 29.5 Å². The second-order valence-corrected chi connectivity index (χ2v) is 4.14. The van der Waals surface area contributed by atoms with E-state index in [0.29, 0.717) is 12.4 Å². The van der Waals surface area contributed by atoms with Gasteiger partial charge in [-0.25, -0.2) is 0 Å².